The first-order valence-electron chi connectivity index (χ1n) is 10.3. The highest BCUT2D eigenvalue weighted by Gasteiger charge is 2.39. The first kappa shape index (κ1) is 22.0. The first-order valence-corrected chi connectivity index (χ1v) is 10.3. The molecule has 32 heavy (non-hydrogen) atoms. The van der Waals surface area contributed by atoms with Crippen molar-refractivity contribution in [2.45, 2.75) is 31.5 Å². The molecule has 5 nitrogen and oxygen atoms in total. The van der Waals surface area contributed by atoms with Crippen molar-refractivity contribution in [2.24, 2.45) is 5.92 Å². The second-order valence-electron chi connectivity index (χ2n) is 7.81. The summed E-state index contributed by atoms with van der Waals surface area (Å²) in [5, 5.41) is 13.1. The number of aliphatic hydroxyl groups is 1. The molecule has 2 unspecified atom stereocenters. The molecule has 4 rings (SSSR count). The molecule has 1 aliphatic rings. The van der Waals surface area contributed by atoms with Crippen molar-refractivity contribution in [2.75, 3.05) is 6.61 Å². The van der Waals surface area contributed by atoms with E-state index in [1.165, 1.54) is 6.20 Å². The van der Waals surface area contributed by atoms with Crippen molar-refractivity contribution in [3.8, 4) is 0 Å². The summed E-state index contributed by atoms with van der Waals surface area (Å²) in [7, 11) is 0. The van der Waals surface area contributed by atoms with Gasteiger partial charge in [0.1, 0.15) is 0 Å². The molecule has 0 saturated carbocycles. The van der Waals surface area contributed by atoms with E-state index >= 15 is 0 Å². The number of alkyl halides is 3. The van der Waals surface area contributed by atoms with E-state index < -0.39 is 24.0 Å². The Bertz CT molecular complexity index is 1150. The van der Waals surface area contributed by atoms with Crippen LogP contribution in [0.2, 0.25) is 0 Å². The highest BCUT2D eigenvalue weighted by atomic mass is 19.4. The van der Waals surface area contributed by atoms with Crippen LogP contribution in [0.4, 0.5) is 13.2 Å². The number of allylic oxidation sites excluding steroid dienone is 2. The Kier molecular flexibility index (Phi) is 6.23. The Hall–Kier alpha value is -3.26. The molecule has 1 aromatic carbocycles. The molecule has 0 saturated heterocycles. The van der Waals surface area contributed by atoms with Crippen molar-refractivity contribution in [1.82, 2.24) is 15.3 Å². The molecule has 0 fully saturated rings. The second-order valence-corrected chi connectivity index (χ2v) is 7.81. The minimum atomic E-state index is -4.18. The number of fused-ring (bicyclic) bond motifs is 1. The molecule has 2 heterocycles. The number of carbonyl (C=O) groups excluding carboxylic acids is 1. The van der Waals surface area contributed by atoms with Gasteiger partial charge in [-0.1, -0.05) is 30.3 Å². The third-order valence-corrected chi connectivity index (χ3v) is 5.73. The maximum atomic E-state index is 13.0. The predicted octanol–water partition coefficient (Wildman–Crippen LogP) is 4.84. The first-order chi connectivity index (χ1) is 15.4. The Morgan fingerprint density at radius 3 is 2.69 bits per heavy atom. The van der Waals surface area contributed by atoms with Gasteiger partial charge in [-0.15, -0.1) is 0 Å². The third-order valence-electron chi connectivity index (χ3n) is 5.73. The Labute approximate surface area is 183 Å². The number of nitrogens with one attached hydrogen (secondary N) is 1. The van der Waals surface area contributed by atoms with Crippen molar-refractivity contribution < 1.29 is 23.1 Å². The lowest BCUT2D eigenvalue weighted by Crippen LogP contribution is -2.31. The van der Waals surface area contributed by atoms with E-state index in [9.17, 15) is 23.1 Å². The number of nitrogens with zero attached hydrogens (tertiary/aromatic N) is 2. The predicted molar refractivity (Wildman–Crippen MR) is 115 cm³/mol. The van der Waals surface area contributed by atoms with Crippen LogP contribution in [0.25, 0.3) is 16.5 Å². The number of amides is 1. The molecule has 2 aromatic heterocycles. The van der Waals surface area contributed by atoms with Crippen LogP contribution in [0, 0.1) is 5.92 Å². The number of aliphatic hydroxyl groups excluding tert-OH is 1. The van der Waals surface area contributed by atoms with Crippen molar-refractivity contribution in [3.05, 3.63) is 77.8 Å². The highest BCUT2D eigenvalue weighted by molar-refractivity contribution is 5.99. The fraction of sp³-hybridized carbons (Fsp3) is 0.292. The van der Waals surface area contributed by atoms with Crippen molar-refractivity contribution in [1.29, 1.82) is 0 Å². The number of halogens is 3. The molecule has 2 atom stereocenters. The summed E-state index contributed by atoms with van der Waals surface area (Å²) in [6.07, 6.45) is 0.847. The van der Waals surface area contributed by atoms with Gasteiger partial charge in [0.2, 0.25) is 0 Å². The Morgan fingerprint density at radius 2 is 2.03 bits per heavy atom. The van der Waals surface area contributed by atoms with Gasteiger partial charge >= 0.3 is 6.18 Å². The van der Waals surface area contributed by atoms with Crippen LogP contribution in [-0.2, 0) is 0 Å². The largest absolute Gasteiger partial charge is 0.394 e. The minimum Gasteiger partial charge on any atom is -0.394 e. The summed E-state index contributed by atoms with van der Waals surface area (Å²) < 4.78 is 38.9. The molecule has 0 bridgehead atoms. The van der Waals surface area contributed by atoms with Crippen LogP contribution >= 0.6 is 0 Å². The van der Waals surface area contributed by atoms with E-state index in [0.717, 1.165) is 11.1 Å². The number of benzene rings is 1. The van der Waals surface area contributed by atoms with Gasteiger partial charge in [0.05, 0.1) is 35.3 Å². The lowest BCUT2D eigenvalue weighted by atomic mass is 9.85. The molecule has 0 spiro atoms. The molecule has 8 heteroatoms. The normalized spacial score (nSPS) is 17.6. The molecule has 1 amide bonds. The topological polar surface area (TPSA) is 75.1 Å². The van der Waals surface area contributed by atoms with E-state index in [4.69, 9.17) is 0 Å². The Balaban J connectivity index is 1.57. The van der Waals surface area contributed by atoms with Gasteiger partial charge in [0.25, 0.3) is 5.91 Å². The van der Waals surface area contributed by atoms with E-state index in [1.54, 1.807) is 36.5 Å². The van der Waals surface area contributed by atoms with E-state index in [2.05, 4.69) is 15.3 Å². The average molecular weight is 441 g/mol. The smallest absolute Gasteiger partial charge is 0.392 e. The lowest BCUT2D eigenvalue weighted by Gasteiger charge is -2.24. The quantitative estimate of drug-likeness (QED) is 0.594. The van der Waals surface area contributed by atoms with Gasteiger partial charge in [-0.3, -0.25) is 14.8 Å². The number of rotatable bonds is 5. The standard InChI is InChI=1S/C24H22F3N3O2/c25-24(26,27)18-9-7-15(8-10-18)19-5-3-4-16-12-17(13-29-22(16)19)23(32)30-21(14-31)20-6-1-2-11-28-20/h1-7,11-13,18,21,31H,8-10,14H2,(H,30,32). The summed E-state index contributed by atoms with van der Waals surface area (Å²) in [5.41, 5.74) is 3.14. The van der Waals surface area contributed by atoms with Crippen LogP contribution in [-0.4, -0.2) is 33.8 Å². The number of para-hydroxylation sites is 1. The molecule has 166 valence electrons. The van der Waals surface area contributed by atoms with Crippen molar-refractivity contribution >= 4 is 22.4 Å². The van der Waals surface area contributed by atoms with Gasteiger partial charge in [0, 0.05) is 23.3 Å². The van der Waals surface area contributed by atoms with E-state index in [-0.39, 0.29) is 19.4 Å². The van der Waals surface area contributed by atoms with Crippen LogP contribution < -0.4 is 5.32 Å². The maximum absolute atomic E-state index is 13.0. The summed E-state index contributed by atoms with van der Waals surface area (Å²) in [6.45, 7) is -0.305. The average Bonchev–Trinajstić information content (AvgIpc) is 2.81. The maximum Gasteiger partial charge on any atom is 0.392 e. The number of carbonyl (C=O) groups is 1. The summed E-state index contributed by atoms with van der Waals surface area (Å²) in [5.74, 6) is -1.71. The Morgan fingerprint density at radius 1 is 1.19 bits per heavy atom. The molecule has 1 aliphatic carbocycles. The van der Waals surface area contributed by atoms with E-state index in [0.29, 0.717) is 28.6 Å². The van der Waals surface area contributed by atoms with Crippen molar-refractivity contribution in [3.63, 3.8) is 0 Å². The summed E-state index contributed by atoms with van der Waals surface area (Å²) >= 11 is 0. The van der Waals surface area contributed by atoms with Crippen LogP contribution in [0.15, 0.2) is 60.9 Å². The molecule has 0 aliphatic heterocycles. The van der Waals surface area contributed by atoms with Gasteiger partial charge < -0.3 is 10.4 Å². The number of pyridine rings is 2. The van der Waals surface area contributed by atoms with Gasteiger partial charge in [0.15, 0.2) is 0 Å². The second kappa shape index (κ2) is 9.08. The number of hydrogen-bond donors (Lipinski definition) is 2. The van der Waals surface area contributed by atoms with Gasteiger partial charge in [-0.2, -0.15) is 13.2 Å². The lowest BCUT2D eigenvalue weighted by molar-refractivity contribution is -0.175. The molecule has 3 aromatic rings. The fourth-order valence-corrected chi connectivity index (χ4v) is 3.96. The molecule has 0 radical (unpaired) electrons. The molecule has 2 N–H and O–H groups in total. The van der Waals surface area contributed by atoms with Crippen LogP contribution in [0.1, 0.15) is 46.9 Å². The van der Waals surface area contributed by atoms with E-state index in [1.807, 2.05) is 18.2 Å². The zero-order chi connectivity index (χ0) is 22.7. The zero-order valence-corrected chi connectivity index (χ0v) is 17.1. The van der Waals surface area contributed by atoms with Gasteiger partial charge in [-0.05, 0) is 43.0 Å². The minimum absolute atomic E-state index is 0.0359. The van der Waals surface area contributed by atoms with Crippen LogP contribution in [0.5, 0.6) is 0 Å². The SMILES string of the molecule is O=C(NC(CO)c1ccccn1)c1cnc2c(C3=CCC(C(F)(F)F)CC3)cccc2c1. The monoisotopic (exact) mass is 441 g/mol. The van der Waals surface area contributed by atoms with Crippen LogP contribution in [0.3, 0.4) is 0 Å². The highest BCUT2D eigenvalue weighted by Crippen LogP contribution is 2.40. The summed E-state index contributed by atoms with van der Waals surface area (Å²) in [4.78, 5) is 21.4. The molecular formula is C24H22F3N3O2. The fourth-order valence-electron chi connectivity index (χ4n) is 3.96. The molecular weight excluding hydrogens is 419 g/mol. The van der Waals surface area contributed by atoms with Gasteiger partial charge in [-0.25, -0.2) is 0 Å². The third kappa shape index (κ3) is 4.65. The summed E-state index contributed by atoms with van der Waals surface area (Å²) in [6, 6.07) is 11.7. The number of aromatic nitrogens is 2. The zero-order valence-electron chi connectivity index (χ0n) is 17.1. The number of hydrogen-bond acceptors (Lipinski definition) is 4.